The summed E-state index contributed by atoms with van der Waals surface area (Å²) in [5, 5.41) is 8.07. The SMILES string of the molecule is CC1(CO[Si](C)(C)C(C)(C)C)COc2c(S(=O)(=NC(c3ccccc3)(c3ccccc3)c3ccccc3)NC(=O)Nc3c4c(cc5c3CCC5)CCC4)cnn2C1. The Kier molecular flexibility index (Phi) is 10.2. The number of benzene rings is 4. The summed E-state index contributed by atoms with van der Waals surface area (Å²) in [5.74, 6) is 0.332. The lowest BCUT2D eigenvalue weighted by atomic mass is 9.78. The van der Waals surface area contributed by atoms with Crippen LogP contribution >= 0.6 is 0 Å². The van der Waals surface area contributed by atoms with E-state index in [1.54, 1.807) is 10.9 Å². The quantitative estimate of drug-likeness (QED) is 0.108. The third kappa shape index (κ3) is 7.34. The second-order valence-electron chi connectivity index (χ2n) is 17.8. The Morgan fingerprint density at radius 3 is 1.91 bits per heavy atom. The maximum absolute atomic E-state index is 16.4. The van der Waals surface area contributed by atoms with E-state index in [0.29, 0.717) is 25.6 Å². The zero-order valence-corrected chi connectivity index (χ0v) is 35.9. The number of carbonyl (C=O) groups excluding carboxylic acids is 1. The van der Waals surface area contributed by atoms with E-state index >= 15 is 4.21 Å². The Morgan fingerprint density at radius 2 is 1.40 bits per heavy atom. The van der Waals surface area contributed by atoms with Crippen molar-refractivity contribution < 1.29 is 18.2 Å². The van der Waals surface area contributed by atoms with E-state index in [4.69, 9.17) is 18.6 Å². The van der Waals surface area contributed by atoms with Crippen LogP contribution in [0.5, 0.6) is 5.88 Å². The van der Waals surface area contributed by atoms with Crippen LogP contribution < -0.4 is 14.8 Å². The number of urea groups is 1. The third-order valence-electron chi connectivity index (χ3n) is 12.5. The molecule has 4 aromatic carbocycles. The van der Waals surface area contributed by atoms with E-state index in [1.807, 2.05) is 91.0 Å². The fourth-order valence-corrected chi connectivity index (χ4v) is 11.4. The molecule has 5 aromatic rings. The van der Waals surface area contributed by atoms with Crippen molar-refractivity contribution in [2.75, 3.05) is 18.5 Å². The number of nitrogens with zero attached hydrogens (tertiary/aromatic N) is 3. The lowest BCUT2D eigenvalue weighted by Gasteiger charge is -2.41. The van der Waals surface area contributed by atoms with Gasteiger partial charge in [0, 0.05) is 17.7 Å². The Labute approximate surface area is 339 Å². The zero-order chi connectivity index (χ0) is 40.1. The predicted octanol–water partition coefficient (Wildman–Crippen LogP) is 9.84. The normalized spacial score (nSPS) is 18.8. The molecule has 8 rings (SSSR count). The molecular formula is C46H55N5O4SSi. The van der Waals surface area contributed by atoms with Crippen molar-refractivity contribution in [3.05, 3.63) is 142 Å². The van der Waals surface area contributed by atoms with Gasteiger partial charge in [-0.2, -0.15) is 9.46 Å². The van der Waals surface area contributed by atoms with E-state index in [2.05, 4.69) is 56.9 Å². The van der Waals surface area contributed by atoms with Crippen molar-refractivity contribution in [2.45, 2.75) is 101 Å². The van der Waals surface area contributed by atoms with Gasteiger partial charge in [-0.3, -0.25) is 0 Å². The molecule has 0 bridgehead atoms. The molecule has 0 saturated heterocycles. The standard InChI is InChI=1S/C46H55N5O4SSi/c1-44(2,3)57(5,6)55-32-45(4)30-51-42(54-31-45)40(29-47-51)56(53,49-43(52)48-41-38-26-16-18-33(38)28-34-19-17-27-39(34)41)50-46(35-20-10-7-11-21-35,36-22-12-8-13-23-36)37-24-14-9-15-25-37/h7-15,20-25,28-29H,16-19,26-27,30-32H2,1-6H3,(H2,48,49,50,52,53). The molecule has 2 amide bonds. The molecule has 298 valence electrons. The number of aromatic nitrogens is 2. The Bertz CT molecular complexity index is 2270. The monoisotopic (exact) mass is 801 g/mol. The summed E-state index contributed by atoms with van der Waals surface area (Å²) in [5.41, 5.74) is 6.54. The molecule has 2 atom stereocenters. The number of anilines is 1. The van der Waals surface area contributed by atoms with Crippen molar-refractivity contribution in [2.24, 2.45) is 9.78 Å². The number of aryl methyl sites for hydroxylation is 2. The highest BCUT2D eigenvalue weighted by Crippen LogP contribution is 2.45. The summed E-state index contributed by atoms with van der Waals surface area (Å²) in [6, 6.07) is 31.4. The first-order chi connectivity index (χ1) is 27.2. The Balaban J connectivity index is 1.28. The van der Waals surface area contributed by atoms with Gasteiger partial charge in [0.25, 0.3) is 0 Å². The zero-order valence-electron chi connectivity index (χ0n) is 34.1. The van der Waals surface area contributed by atoms with Gasteiger partial charge in [0.1, 0.15) is 10.4 Å². The second-order valence-corrected chi connectivity index (χ2v) is 24.5. The number of carbonyl (C=O) groups is 1. The van der Waals surface area contributed by atoms with Gasteiger partial charge < -0.3 is 14.5 Å². The summed E-state index contributed by atoms with van der Waals surface area (Å²) in [7, 11) is -5.92. The molecule has 1 aliphatic heterocycles. The Hall–Kier alpha value is -4.71. The van der Waals surface area contributed by atoms with Crippen molar-refractivity contribution in [3.63, 3.8) is 0 Å². The van der Waals surface area contributed by atoms with Crippen LogP contribution in [0.2, 0.25) is 18.1 Å². The number of hydrogen-bond donors (Lipinski definition) is 2. The molecular weight excluding hydrogens is 747 g/mol. The maximum atomic E-state index is 16.4. The molecule has 2 heterocycles. The van der Waals surface area contributed by atoms with Crippen molar-refractivity contribution in [1.82, 2.24) is 14.5 Å². The van der Waals surface area contributed by atoms with Gasteiger partial charge >= 0.3 is 6.03 Å². The lowest BCUT2D eigenvalue weighted by Crippen LogP contribution is -2.47. The fourth-order valence-electron chi connectivity index (χ4n) is 8.36. The third-order valence-corrected chi connectivity index (χ3v) is 18.9. The van der Waals surface area contributed by atoms with E-state index in [1.165, 1.54) is 22.3 Å². The van der Waals surface area contributed by atoms with Gasteiger partial charge in [0.15, 0.2) is 18.2 Å². The van der Waals surface area contributed by atoms with Crippen LogP contribution in [0.4, 0.5) is 10.5 Å². The van der Waals surface area contributed by atoms with E-state index in [-0.39, 0.29) is 15.3 Å². The summed E-state index contributed by atoms with van der Waals surface area (Å²) in [4.78, 5) is 14.8. The van der Waals surface area contributed by atoms with Gasteiger partial charge in [-0.05, 0) is 95.6 Å². The topological polar surface area (TPSA) is 107 Å². The van der Waals surface area contributed by atoms with Crippen LogP contribution in [-0.4, -0.2) is 41.6 Å². The number of hydrogen-bond acceptors (Lipinski definition) is 6. The number of fused-ring (bicyclic) bond motifs is 3. The molecule has 1 aromatic heterocycles. The molecule has 57 heavy (non-hydrogen) atoms. The first-order valence-electron chi connectivity index (χ1n) is 20.2. The van der Waals surface area contributed by atoms with Crippen LogP contribution in [0.25, 0.3) is 0 Å². The molecule has 0 fully saturated rings. The molecule has 11 heteroatoms. The maximum Gasteiger partial charge on any atom is 0.331 e. The smallest absolute Gasteiger partial charge is 0.331 e. The minimum atomic E-state index is -3.88. The molecule has 0 radical (unpaired) electrons. The summed E-state index contributed by atoms with van der Waals surface area (Å²) in [6.45, 7) is 14.7. The van der Waals surface area contributed by atoms with Crippen LogP contribution in [0, 0.1) is 5.41 Å². The van der Waals surface area contributed by atoms with E-state index < -0.39 is 29.8 Å². The average Bonchev–Trinajstić information content (AvgIpc) is 3.97. The molecule has 2 unspecified atom stereocenters. The van der Waals surface area contributed by atoms with Gasteiger partial charge in [-0.25, -0.2) is 18.4 Å². The largest absolute Gasteiger partial charge is 0.476 e. The number of ether oxygens (including phenoxy) is 1. The van der Waals surface area contributed by atoms with Crippen LogP contribution in [0.3, 0.4) is 0 Å². The Morgan fingerprint density at radius 1 is 0.877 bits per heavy atom. The number of rotatable bonds is 10. The summed E-state index contributed by atoms with van der Waals surface area (Å²) < 4.78 is 39.8. The lowest BCUT2D eigenvalue weighted by molar-refractivity contribution is 0.0330. The van der Waals surface area contributed by atoms with Crippen molar-refractivity contribution >= 4 is 30.0 Å². The molecule has 2 N–H and O–H groups in total. The van der Waals surface area contributed by atoms with Crippen LogP contribution in [0.15, 0.2) is 113 Å². The van der Waals surface area contributed by atoms with Gasteiger partial charge in [-0.15, -0.1) is 0 Å². The highest BCUT2D eigenvalue weighted by Gasteiger charge is 2.44. The predicted molar refractivity (Wildman–Crippen MR) is 230 cm³/mol. The minimum absolute atomic E-state index is 0.0604. The summed E-state index contributed by atoms with van der Waals surface area (Å²) in [6.07, 6.45) is 7.46. The number of amides is 2. The fraction of sp³-hybridized carbons (Fsp3) is 0.391. The first-order valence-corrected chi connectivity index (χ1v) is 24.7. The highest BCUT2D eigenvalue weighted by atomic mass is 32.2. The highest BCUT2D eigenvalue weighted by molar-refractivity contribution is 7.92. The van der Waals surface area contributed by atoms with Crippen LogP contribution in [-0.2, 0) is 52.1 Å². The summed E-state index contributed by atoms with van der Waals surface area (Å²) >= 11 is 0. The first kappa shape index (κ1) is 39.1. The van der Waals surface area contributed by atoms with E-state index in [9.17, 15) is 4.79 Å². The van der Waals surface area contributed by atoms with Crippen molar-refractivity contribution in [1.29, 1.82) is 0 Å². The van der Waals surface area contributed by atoms with Gasteiger partial charge in [0.2, 0.25) is 5.88 Å². The minimum Gasteiger partial charge on any atom is -0.476 e. The average molecular weight is 802 g/mol. The molecule has 9 nitrogen and oxygen atoms in total. The molecule has 2 aliphatic carbocycles. The number of nitrogens with one attached hydrogen (secondary N) is 2. The second kappa shape index (κ2) is 14.9. The molecule has 0 spiro atoms. The van der Waals surface area contributed by atoms with Crippen molar-refractivity contribution in [3.8, 4) is 5.88 Å². The van der Waals surface area contributed by atoms with Gasteiger partial charge in [0.05, 0.1) is 19.3 Å². The van der Waals surface area contributed by atoms with E-state index in [0.717, 1.165) is 60.9 Å². The van der Waals surface area contributed by atoms with Crippen LogP contribution in [0.1, 0.15) is 79.5 Å². The molecule has 3 aliphatic rings. The molecule has 0 saturated carbocycles. The van der Waals surface area contributed by atoms with Gasteiger partial charge in [-0.1, -0.05) is 125 Å².